The van der Waals surface area contributed by atoms with Crippen LogP contribution in [0.3, 0.4) is 0 Å². The maximum atomic E-state index is 12.8. The summed E-state index contributed by atoms with van der Waals surface area (Å²) in [5.41, 5.74) is 0.614. The Kier molecular flexibility index (Phi) is 8.63. The Hall–Kier alpha value is -2.28. The molecular formula is C22H25IN2O7S. The lowest BCUT2D eigenvalue weighted by Crippen LogP contribution is -2.45. The fourth-order valence-corrected chi connectivity index (χ4v) is 5.05. The highest BCUT2D eigenvalue weighted by atomic mass is 127. The van der Waals surface area contributed by atoms with Gasteiger partial charge in [-0.15, -0.1) is 0 Å². The van der Waals surface area contributed by atoms with Crippen LogP contribution >= 0.6 is 34.4 Å². The van der Waals surface area contributed by atoms with Crippen molar-refractivity contribution in [1.82, 2.24) is 9.80 Å². The van der Waals surface area contributed by atoms with Gasteiger partial charge in [0.2, 0.25) is 5.91 Å². The van der Waals surface area contributed by atoms with Gasteiger partial charge in [0.1, 0.15) is 6.54 Å². The molecule has 0 unspecified atom stereocenters. The van der Waals surface area contributed by atoms with Crippen LogP contribution in [0, 0.1) is 9.49 Å². The number of piperidine rings is 1. The predicted octanol–water partition coefficient (Wildman–Crippen LogP) is 3.15. The van der Waals surface area contributed by atoms with Gasteiger partial charge in [-0.1, -0.05) is 6.92 Å². The van der Waals surface area contributed by atoms with E-state index >= 15 is 0 Å². The molecule has 3 rings (SSSR count). The number of benzene rings is 1. The number of hydrogen-bond donors (Lipinski definition) is 0. The molecule has 178 valence electrons. The van der Waals surface area contributed by atoms with Gasteiger partial charge in [-0.05, 0) is 76.9 Å². The number of nitrogens with zero attached hydrogens (tertiary/aromatic N) is 2. The van der Waals surface area contributed by atoms with E-state index in [1.165, 1.54) is 14.2 Å². The first-order chi connectivity index (χ1) is 15.7. The summed E-state index contributed by atoms with van der Waals surface area (Å²) in [6.45, 7) is 2.92. The van der Waals surface area contributed by atoms with E-state index in [1.54, 1.807) is 23.1 Å². The van der Waals surface area contributed by atoms with Crippen molar-refractivity contribution in [2.75, 3.05) is 40.5 Å². The van der Waals surface area contributed by atoms with Crippen LogP contribution in [0.4, 0.5) is 4.79 Å². The van der Waals surface area contributed by atoms with Gasteiger partial charge in [0.05, 0.1) is 22.7 Å². The number of likely N-dealkylation sites (tertiary alicyclic amines) is 1. The van der Waals surface area contributed by atoms with E-state index in [-0.39, 0.29) is 24.0 Å². The molecule has 2 aliphatic rings. The first kappa shape index (κ1) is 25.3. The zero-order valence-corrected chi connectivity index (χ0v) is 21.6. The third kappa shape index (κ3) is 6.19. The van der Waals surface area contributed by atoms with Crippen molar-refractivity contribution in [2.45, 2.75) is 19.8 Å². The zero-order chi connectivity index (χ0) is 24.1. The summed E-state index contributed by atoms with van der Waals surface area (Å²) in [6, 6.07) is 3.38. The molecule has 0 aromatic heterocycles. The Morgan fingerprint density at radius 3 is 2.55 bits per heavy atom. The monoisotopic (exact) mass is 588 g/mol. The first-order valence-electron chi connectivity index (χ1n) is 10.3. The maximum Gasteiger partial charge on any atom is 0.343 e. The van der Waals surface area contributed by atoms with Gasteiger partial charge in [-0.25, -0.2) is 4.79 Å². The molecule has 33 heavy (non-hydrogen) atoms. The minimum atomic E-state index is -0.529. The first-order valence-corrected chi connectivity index (χ1v) is 12.2. The van der Waals surface area contributed by atoms with Gasteiger partial charge in [0.25, 0.3) is 11.1 Å². The molecule has 2 heterocycles. The lowest BCUT2D eigenvalue weighted by molar-refractivity contribution is -0.143. The summed E-state index contributed by atoms with van der Waals surface area (Å²) in [5.74, 6) is 0.0731. The number of thioether (sulfide) groups is 1. The molecule has 9 nitrogen and oxygen atoms in total. The van der Waals surface area contributed by atoms with Crippen molar-refractivity contribution in [3.05, 3.63) is 26.2 Å². The smallest absolute Gasteiger partial charge is 0.343 e. The number of methoxy groups -OCH3 is 2. The van der Waals surface area contributed by atoms with Crippen LogP contribution in [0.15, 0.2) is 17.0 Å². The topological polar surface area (TPSA) is 102 Å². The Morgan fingerprint density at radius 2 is 1.91 bits per heavy atom. The standard InChI is InChI=1S/C22H25IN2O7S/c1-13-4-6-24(7-5-13)18(26)11-25-21(28)17(33-22(25)29)10-14-8-15(23)20(16(9-14)30-2)32-12-19(27)31-3/h8-10,13H,4-7,11-12H2,1-3H3/b17-10-. The number of amides is 3. The second-order valence-electron chi connectivity index (χ2n) is 7.73. The van der Waals surface area contributed by atoms with Crippen molar-refractivity contribution in [2.24, 2.45) is 5.92 Å². The van der Waals surface area contributed by atoms with Crippen LogP contribution in [0.25, 0.3) is 6.08 Å². The maximum absolute atomic E-state index is 12.8. The van der Waals surface area contributed by atoms with Gasteiger partial charge in [-0.3, -0.25) is 19.3 Å². The number of imide groups is 1. The molecule has 2 aliphatic heterocycles. The highest BCUT2D eigenvalue weighted by Gasteiger charge is 2.37. The largest absolute Gasteiger partial charge is 0.493 e. The normalized spacial score (nSPS) is 18.1. The van der Waals surface area contributed by atoms with E-state index in [2.05, 4.69) is 11.7 Å². The highest BCUT2D eigenvalue weighted by Crippen LogP contribution is 2.37. The molecule has 0 bridgehead atoms. The molecule has 11 heteroatoms. The minimum absolute atomic E-state index is 0.214. The molecule has 1 aromatic rings. The Bertz CT molecular complexity index is 989. The fourth-order valence-electron chi connectivity index (χ4n) is 3.43. The number of rotatable bonds is 7. The average molecular weight is 588 g/mol. The van der Waals surface area contributed by atoms with Crippen molar-refractivity contribution in [3.63, 3.8) is 0 Å². The molecule has 2 fully saturated rings. The third-order valence-corrected chi connectivity index (χ3v) is 7.12. The molecule has 2 saturated heterocycles. The molecule has 0 atom stereocenters. The molecule has 0 aliphatic carbocycles. The van der Waals surface area contributed by atoms with E-state index in [0.717, 1.165) is 29.5 Å². The average Bonchev–Trinajstić information content (AvgIpc) is 3.05. The summed E-state index contributed by atoms with van der Waals surface area (Å²) >= 11 is 2.83. The van der Waals surface area contributed by atoms with Gasteiger partial charge in [0, 0.05) is 13.1 Å². The van der Waals surface area contributed by atoms with Crippen LogP contribution in [0.1, 0.15) is 25.3 Å². The van der Waals surface area contributed by atoms with Crippen LogP contribution in [-0.4, -0.2) is 73.3 Å². The predicted molar refractivity (Wildman–Crippen MR) is 131 cm³/mol. The quantitative estimate of drug-likeness (QED) is 0.272. The van der Waals surface area contributed by atoms with Crippen LogP contribution in [-0.2, 0) is 19.1 Å². The van der Waals surface area contributed by atoms with Crippen molar-refractivity contribution in [3.8, 4) is 11.5 Å². The van der Waals surface area contributed by atoms with Crippen LogP contribution in [0.5, 0.6) is 11.5 Å². The second-order valence-corrected chi connectivity index (χ2v) is 9.89. The Balaban J connectivity index is 1.73. The van der Waals surface area contributed by atoms with E-state index < -0.39 is 17.1 Å². The van der Waals surface area contributed by atoms with Crippen molar-refractivity contribution in [1.29, 1.82) is 0 Å². The number of halogens is 1. The zero-order valence-electron chi connectivity index (χ0n) is 18.6. The van der Waals surface area contributed by atoms with Gasteiger partial charge >= 0.3 is 5.97 Å². The Morgan fingerprint density at radius 1 is 1.21 bits per heavy atom. The third-order valence-electron chi connectivity index (χ3n) is 5.41. The van der Waals surface area contributed by atoms with Crippen molar-refractivity contribution < 1.29 is 33.4 Å². The summed E-state index contributed by atoms with van der Waals surface area (Å²) in [4.78, 5) is 52.2. The molecule has 3 amide bonds. The van der Waals surface area contributed by atoms with Crippen molar-refractivity contribution >= 4 is 63.5 Å². The lowest BCUT2D eigenvalue weighted by Gasteiger charge is -2.31. The van der Waals surface area contributed by atoms with Gasteiger partial charge < -0.3 is 19.1 Å². The fraction of sp³-hybridized carbons (Fsp3) is 0.455. The van der Waals surface area contributed by atoms with Gasteiger partial charge in [-0.2, -0.15) is 0 Å². The number of carbonyl (C=O) groups excluding carboxylic acids is 4. The molecule has 0 saturated carbocycles. The summed E-state index contributed by atoms with van der Waals surface area (Å²) in [5, 5.41) is -0.468. The summed E-state index contributed by atoms with van der Waals surface area (Å²) in [7, 11) is 2.73. The highest BCUT2D eigenvalue weighted by molar-refractivity contribution is 14.1. The second kappa shape index (κ2) is 11.2. The van der Waals surface area contributed by atoms with Crippen LogP contribution in [0.2, 0.25) is 0 Å². The summed E-state index contributed by atoms with van der Waals surface area (Å²) < 4.78 is 16.1. The molecular weight excluding hydrogens is 563 g/mol. The molecule has 1 aromatic carbocycles. The minimum Gasteiger partial charge on any atom is -0.493 e. The van der Waals surface area contributed by atoms with Crippen LogP contribution < -0.4 is 9.47 Å². The SMILES string of the molecule is COC(=O)COc1c(I)cc(/C=C2\SC(=O)N(CC(=O)N3CCC(C)CC3)C2=O)cc1OC. The molecule has 0 spiro atoms. The van der Waals surface area contributed by atoms with E-state index in [0.29, 0.717) is 39.6 Å². The molecule has 0 radical (unpaired) electrons. The number of esters is 1. The molecule has 0 N–H and O–H groups in total. The van der Waals surface area contributed by atoms with E-state index in [9.17, 15) is 19.2 Å². The van der Waals surface area contributed by atoms with E-state index in [1.807, 2.05) is 22.6 Å². The van der Waals surface area contributed by atoms with Gasteiger partial charge in [0.15, 0.2) is 18.1 Å². The summed E-state index contributed by atoms with van der Waals surface area (Å²) in [6.07, 6.45) is 3.42. The number of ether oxygens (including phenoxy) is 3. The number of carbonyl (C=O) groups is 4. The Labute approximate surface area is 209 Å². The number of hydrogen-bond acceptors (Lipinski definition) is 8. The van der Waals surface area contributed by atoms with E-state index in [4.69, 9.17) is 9.47 Å². The lowest BCUT2D eigenvalue weighted by atomic mass is 9.99.